The number of aliphatic hydroxyl groups is 3. The zero-order valence-corrected chi connectivity index (χ0v) is 51.0. The molecule has 8 bridgehead atoms. The van der Waals surface area contributed by atoms with Gasteiger partial charge in [-0.1, -0.05) is 24.3 Å². The van der Waals surface area contributed by atoms with Gasteiger partial charge in [-0.2, -0.15) is 0 Å². The number of allylic oxidation sites excluding steroid dienone is 3. The number of nitrogens with one attached hydrogen (secondary N) is 9. The summed E-state index contributed by atoms with van der Waals surface area (Å²) in [6.07, 6.45) is 9.26. The van der Waals surface area contributed by atoms with Crippen LogP contribution in [0.4, 0.5) is 0 Å². The third-order valence-electron chi connectivity index (χ3n) is 15.8. The van der Waals surface area contributed by atoms with Crippen molar-refractivity contribution >= 4 is 70.9 Å². The molecule has 4 aliphatic heterocycles. The van der Waals surface area contributed by atoms with Crippen molar-refractivity contribution in [1.29, 1.82) is 0 Å². The molecule has 0 aromatic heterocycles. The van der Waals surface area contributed by atoms with Crippen molar-refractivity contribution in [1.82, 2.24) is 67.6 Å². The molecule has 3 unspecified atom stereocenters. The Labute approximate surface area is 530 Å². The lowest BCUT2D eigenvalue weighted by atomic mass is 9.92. The third-order valence-corrected chi connectivity index (χ3v) is 15.8. The number of hydroxylamine groups is 2. The molecule has 11 amide bonds. The predicted octanol–water partition coefficient (Wildman–Crippen LogP) is -2.44. The van der Waals surface area contributed by atoms with Gasteiger partial charge < -0.3 is 77.9 Å². The molecule has 1 aromatic rings. The molecule has 1 fully saturated rings. The van der Waals surface area contributed by atoms with Gasteiger partial charge in [0.15, 0.2) is 0 Å². The molecule has 13 N–H and O–H groups in total. The highest BCUT2D eigenvalue weighted by atomic mass is 16.7. The van der Waals surface area contributed by atoms with Crippen molar-refractivity contribution < 1.29 is 87.5 Å². The number of aromatic hydroxyl groups is 1. The van der Waals surface area contributed by atoms with Crippen molar-refractivity contribution in [2.75, 3.05) is 131 Å². The minimum Gasteiger partial charge on any atom is -0.511 e. The summed E-state index contributed by atoms with van der Waals surface area (Å²) in [6.45, 7) is 2.02. The Kier molecular flexibility index (Phi) is 26.8. The second-order valence-corrected chi connectivity index (χ2v) is 22.2. The van der Waals surface area contributed by atoms with Crippen LogP contribution in [0, 0.1) is 17.8 Å². The molecule has 1 saturated heterocycles. The SMILES string of the molecule is O=C(CCCC(=O)ON1C(=O)CCC1=O)NCCOCCNC(=O)c1cccc(C(=O)NCCN2CCNC(=O)C3=C(O)C(CC=C3)C(=O)NCCN3CCNC(=O)C4CC=CC(=C4O)C(=O)NCCN(CCNC(=O)C4=C(O)C(CC=C4)C(=O)NCC3)CC2)c1O. The first-order valence-corrected chi connectivity index (χ1v) is 30.7. The number of nitrogens with zero attached hydrogens (tertiary/aromatic N) is 4. The van der Waals surface area contributed by atoms with Crippen LogP contribution < -0.4 is 47.9 Å². The molecule has 0 saturated carbocycles. The smallest absolute Gasteiger partial charge is 0.333 e. The minimum absolute atomic E-state index is 0.00274. The van der Waals surface area contributed by atoms with Crippen LogP contribution in [-0.4, -0.2) is 242 Å². The lowest BCUT2D eigenvalue weighted by molar-refractivity contribution is -0.197. The minimum atomic E-state index is -1.11. The van der Waals surface area contributed by atoms with E-state index in [1.807, 2.05) is 14.7 Å². The second-order valence-electron chi connectivity index (χ2n) is 22.2. The molecular weight excluding hydrogens is 1200 g/mol. The van der Waals surface area contributed by atoms with Crippen molar-refractivity contribution in [2.24, 2.45) is 17.8 Å². The fraction of sp³-hybridized carbons (Fsp3) is 0.508. The van der Waals surface area contributed by atoms with E-state index < -0.39 is 106 Å². The summed E-state index contributed by atoms with van der Waals surface area (Å²) in [6, 6.07) is 4.05. The highest BCUT2D eigenvalue weighted by Gasteiger charge is 2.35. The van der Waals surface area contributed by atoms with Gasteiger partial charge in [0.1, 0.15) is 23.0 Å². The third kappa shape index (κ3) is 20.3. The van der Waals surface area contributed by atoms with Crippen LogP contribution in [0.25, 0.3) is 0 Å². The van der Waals surface area contributed by atoms with Crippen LogP contribution in [0.5, 0.6) is 5.75 Å². The molecule has 3 atom stereocenters. The highest BCUT2D eigenvalue weighted by molar-refractivity contribution is 6.04. The van der Waals surface area contributed by atoms with Crippen LogP contribution in [0.2, 0.25) is 0 Å². The Morgan fingerprint density at radius 1 is 0.500 bits per heavy atom. The number of hydrogen-bond acceptors (Lipinski definition) is 21. The molecule has 31 heteroatoms. The van der Waals surface area contributed by atoms with Gasteiger partial charge in [-0.3, -0.25) is 67.4 Å². The molecule has 31 nitrogen and oxygen atoms in total. The topological polar surface area (TPSA) is 425 Å². The summed E-state index contributed by atoms with van der Waals surface area (Å²) in [5, 5.41) is 70.4. The van der Waals surface area contributed by atoms with Crippen molar-refractivity contribution in [3.8, 4) is 5.75 Å². The number of aliphatic hydroxyl groups excluding tert-OH is 3. The zero-order chi connectivity index (χ0) is 66.1. The molecule has 92 heavy (non-hydrogen) atoms. The number of para-hydroxylation sites is 1. The number of benzene rings is 1. The second kappa shape index (κ2) is 35.2. The van der Waals surface area contributed by atoms with Crippen LogP contribution in [-0.2, 0) is 57.5 Å². The lowest BCUT2D eigenvalue weighted by Gasteiger charge is -2.28. The van der Waals surface area contributed by atoms with E-state index >= 15 is 0 Å². The lowest BCUT2D eigenvalue weighted by Crippen LogP contribution is -2.46. The number of phenolic OH excluding ortho intramolecular Hbond substituents is 1. The number of amides is 11. The summed E-state index contributed by atoms with van der Waals surface area (Å²) in [5.74, 6) is -12.6. The number of imide groups is 1. The normalized spacial score (nSPS) is 23.0. The summed E-state index contributed by atoms with van der Waals surface area (Å²) in [7, 11) is 0. The van der Waals surface area contributed by atoms with E-state index in [0.717, 1.165) is 0 Å². The average molecular weight is 1280 g/mol. The van der Waals surface area contributed by atoms with E-state index in [2.05, 4.69) is 47.9 Å². The molecule has 4 heterocycles. The maximum Gasteiger partial charge on any atom is 0.333 e. The Bertz CT molecular complexity index is 3060. The van der Waals surface area contributed by atoms with E-state index in [1.54, 1.807) is 18.2 Å². The molecule has 7 aliphatic rings. The Balaban J connectivity index is 1.00. The summed E-state index contributed by atoms with van der Waals surface area (Å²) < 4.78 is 5.49. The van der Waals surface area contributed by atoms with Crippen molar-refractivity contribution in [3.05, 3.63) is 99.8 Å². The van der Waals surface area contributed by atoms with E-state index in [0.29, 0.717) is 5.06 Å². The fourth-order valence-corrected chi connectivity index (χ4v) is 10.6. The molecule has 0 radical (unpaired) electrons. The van der Waals surface area contributed by atoms with Gasteiger partial charge in [-0.15, -0.1) is 5.06 Å². The van der Waals surface area contributed by atoms with Crippen LogP contribution in [0.3, 0.4) is 0 Å². The number of rotatable bonds is 16. The number of fused-ring (bicyclic) bond motifs is 21. The zero-order valence-electron chi connectivity index (χ0n) is 51.0. The molecule has 0 spiro atoms. The van der Waals surface area contributed by atoms with Gasteiger partial charge in [-0.25, -0.2) is 4.79 Å². The fourth-order valence-electron chi connectivity index (χ4n) is 10.6. The average Bonchev–Trinajstić information content (AvgIpc) is 1.23. The van der Waals surface area contributed by atoms with Crippen LogP contribution in [0.15, 0.2) is 88.7 Å². The number of phenols is 1. The number of carbonyl (C=O) groups is 12. The van der Waals surface area contributed by atoms with Crippen molar-refractivity contribution in [3.63, 3.8) is 0 Å². The summed E-state index contributed by atoms with van der Waals surface area (Å²) >= 11 is 0. The predicted molar refractivity (Wildman–Crippen MR) is 326 cm³/mol. The van der Waals surface area contributed by atoms with Gasteiger partial charge in [-0.05, 0) is 56.0 Å². The highest BCUT2D eigenvalue weighted by Crippen LogP contribution is 2.27. The van der Waals surface area contributed by atoms with E-state index in [9.17, 15) is 78.0 Å². The van der Waals surface area contributed by atoms with Crippen LogP contribution in [0.1, 0.15) is 72.1 Å². The van der Waals surface area contributed by atoms with Gasteiger partial charge in [0.05, 0.1) is 58.8 Å². The Morgan fingerprint density at radius 2 is 0.913 bits per heavy atom. The number of ether oxygens (including phenoxy) is 1. The van der Waals surface area contributed by atoms with Gasteiger partial charge in [0.25, 0.3) is 41.4 Å². The molecule has 1 aromatic carbocycles. The maximum absolute atomic E-state index is 13.7. The van der Waals surface area contributed by atoms with Gasteiger partial charge in [0, 0.05) is 143 Å². The van der Waals surface area contributed by atoms with E-state index in [4.69, 9.17) is 9.57 Å². The van der Waals surface area contributed by atoms with E-state index in [-0.39, 0.29) is 216 Å². The largest absolute Gasteiger partial charge is 0.511 e. The molecular formula is C61H81N13O18. The quantitative estimate of drug-likeness (QED) is 0.0604. The molecule has 498 valence electrons. The number of carbonyl (C=O) groups excluding carboxylic acids is 12. The first kappa shape index (κ1) is 70.0. The van der Waals surface area contributed by atoms with Crippen LogP contribution >= 0.6 is 0 Å². The number of hydrogen-bond donors (Lipinski definition) is 13. The standard InChI is InChI=1S/C61H81N13O18/c75-46(14-5-15-49(78)92-74-47(76)16-17-48(74)77)62-25-36-91-37-26-70-61(90)45-13-4-12-44(53(45)82)60(89)69-24-33-73-32-23-68-59(88)43-11-3-8-40(52(43)81)56(85)65-20-29-71-27-18-63-54(83)38-6-1-9-41(50(38)79)57(86)66-21-30-72(34-35-73)31-22-67-58(87)42-10-2-7-39(51(42)80)55(84)64-19-28-71/h1-4,9-13,38-40,79-82H,5-8,14-37H2,(H,62,75)(H,63,83)(H,64,84)(H,65,85)(H,66,86)(H,67,87)(H,68,88)(H,69,89)(H,70,90). The van der Waals surface area contributed by atoms with Gasteiger partial charge in [0.2, 0.25) is 23.6 Å². The Hall–Kier alpha value is -9.46. The molecule has 3 aliphatic carbocycles. The van der Waals surface area contributed by atoms with Crippen molar-refractivity contribution in [2.45, 2.75) is 51.4 Å². The maximum atomic E-state index is 13.7. The first-order valence-electron chi connectivity index (χ1n) is 30.7. The van der Waals surface area contributed by atoms with E-state index in [1.165, 1.54) is 36.4 Å². The molecule has 8 rings (SSSR count). The first-order chi connectivity index (χ1) is 44.3. The van der Waals surface area contributed by atoms with Gasteiger partial charge >= 0.3 is 5.97 Å². The Morgan fingerprint density at radius 3 is 1.38 bits per heavy atom. The summed E-state index contributed by atoms with van der Waals surface area (Å²) in [5.41, 5.74) is -0.744. The summed E-state index contributed by atoms with van der Waals surface area (Å²) in [4.78, 5) is 167. The monoisotopic (exact) mass is 1280 g/mol.